The summed E-state index contributed by atoms with van der Waals surface area (Å²) in [7, 11) is 0. The average molecular weight is 391 g/mol. The lowest BCUT2D eigenvalue weighted by Crippen LogP contribution is -2.37. The fourth-order valence-corrected chi connectivity index (χ4v) is 2.69. The van der Waals surface area contributed by atoms with Gasteiger partial charge >= 0.3 is 0 Å². The van der Waals surface area contributed by atoms with Crippen LogP contribution in [0.1, 0.15) is 48.4 Å². The van der Waals surface area contributed by atoms with Gasteiger partial charge in [0.15, 0.2) is 11.6 Å². The standard InChI is InChI=1S/C25H30N2O2/c1-19(15-23(28)21-11-7-5-8-12-21)26-17-25(3,4)18-27-20(2)16-24(29)22-13-9-6-10-14-22/h5-16,26-27H,17-18H2,1-4H3/b19-15+,20-16+. The van der Waals surface area contributed by atoms with Crippen LogP contribution < -0.4 is 10.6 Å². The predicted molar refractivity (Wildman–Crippen MR) is 119 cm³/mol. The lowest BCUT2D eigenvalue weighted by atomic mass is 9.93. The van der Waals surface area contributed by atoms with E-state index in [0.717, 1.165) is 11.4 Å². The Morgan fingerprint density at radius 1 is 0.724 bits per heavy atom. The van der Waals surface area contributed by atoms with Gasteiger partial charge in [-0.3, -0.25) is 9.59 Å². The first-order valence-corrected chi connectivity index (χ1v) is 9.80. The summed E-state index contributed by atoms with van der Waals surface area (Å²) in [6.07, 6.45) is 3.26. The molecule has 0 saturated heterocycles. The third-order valence-corrected chi connectivity index (χ3v) is 4.50. The van der Waals surface area contributed by atoms with Crippen molar-refractivity contribution in [2.24, 2.45) is 5.41 Å². The Kier molecular flexibility index (Phi) is 7.96. The Bertz CT molecular complexity index is 808. The molecule has 0 spiro atoms. The van der Waals surface area contributed by atoms with Crippen LogP contribution in [-0.2, 0) is 0 Å². The molecule has 0 unspecified atom stereocenters. The molecule has 2 aromatic rings. The van der Waals surface area contributed by atoms with Crippen molar-refractivity contribution in [3.8, 4) is 0 Å². The molecular formula is C25H30N2O2. The molecule has 0 atom stereocenters. The van der Waals surface area contributed by atoms with Crippen LogP contribution in [0.25, 0.3) is 0 Å². The van der Waals surface area contributed by atoms with Gasteiger partial charge in [-0.25, -0.2) is 0 Å². The molecule has 0 heterocycles. The quantitative estimate of drug-likeness (QED) is 0.453. The van der Waals surface area contributed by atoms with Crippen molar-refractivity contribution >= 4 is 11.6 Å². The van der Waals surface area contributed by atoms with Crippen molar-refractivity contribution in [1.82, 2.24) is 10.6 Å². The number of rotatable bonds is 10. The second kappa shape index (κ2) is 10.4. The molecule has 0 fully saturated rings. The highest BCUT2D eigenvalue weighted by molar-refractivity contribution is 6.05. The molecule has 0 radical (unpaired) electrons. The Labute approximate surface area is 173 Å². The monoisotopic (exact) mass is 390 g/mol. The van der Waals surface area contributed by atoms with Gasteiger partial charge < -0.3 is 10.6 Å². The van der Waals surface area contributed by atoms with Crippen LogP contribution in [0.15, 0.2) is 84.2 Å². The van der Waals surface area contributed by atoms with Crippen LogP contribution in [0.5, 0.6) is 0 Å². The van der Waals surface area contributed by atoms with E-state index in [-0.39, 0.29) is 17.0 Å². The van der Waals surface area contributed by atoms with E-state index in [1.807, 2.05) is 74.5 Å². The number of nitrogens with one attached hydrogen (secondary N) is 2. The van der Waals surface area contributed by atoms with Crippen LogP contribution in [-0.4, -0.2) is 24.7 Å². The van der Waals surface area contributed by atoms with Crippen molar-refractivity contribution in [2.75, 3.05) is 13.1 Å². The molecule has 4 nitrogen and oxygen atoms in total. The maximum absolute atomic E-state index is 12.2. The van der Waals surface area contributed by atoms with Crippen molar-refractivity contribution in [2.45, 2.75) is 27.7 Å². The number of carbonyl (C=O) groups is 2. The molecule has 0 aromatic heterocycles. The summed E-state index contributed by atoms with van der Waals surface area (Å²) in [6.45, 7) is 9.45. The average Bonchev–Trinajstić information content (AvgIpc) is 2.72. The zero-order valence-electron chi connectivity index (χ0n) is 17.7. The predicted octanol–water partition coefficient (Wildman–Crippen LogP) is 4.77. The second-order valence-corrected chi connectivity index (χ2v) is 7.99. The molecule has 0 amide bonds. The highest BCUT2D eigenvalue weighted by Crippen LogP contribution is 2.14. The van der Waals surface area contributed by atoms with Gasteiger partial charge in [-0.2, -0.15) is 0 Å². The van der Waals surface area contributed by atoms with Crippen LogP contribution in [0.4, 0.5) is 0 Å². The molecule has 0 aliphatic carbocycles. The van der Waals surface area contributed by atoms with E-state index in [4.69, 9.17) is 0 Å². The molecule has 2 N–H and O–H groups in total. The third kappa shape index (κ3) is 7.78. The lowest BCUT2D eigenvalue weighted by molar-refractivity contribution is 0.103. The topological polar surface area (TPSA) is 58.2 Å². The van der Waals surface area contributed by atoms with Crippen LogP contribution >= 0.6 is 0 Å². The first-order chi connectivity index (χ1) is 13.8. The van der Waals surface area contributed by atoms with Crippen molar-refractivity contribution in [3.63, 3.8) is 0 Å². The summed E-state index contributed by atoms with van der Waals surface area (Å²) in [4.78, 5) is 24.5. The van der Waals surface area contributed by atoms with E-state index in [1.54, 1.807) is 12.2 Å². The Balaban J connectivity index is 1.84. The SMILES string of the molecule is C/C(=C\C(=O)c1ccccc1)NCC(C)(C)CN/C(C)=C/C(=O)c1ccccc1. The fourth-order valence-electron chi connectivity index (χ4n) is 2.69. The Morgan fingerprint density at radius 3 is 1.41 bits per heavy atom. The smallest absolute Gasteiger partial charge is 0.187 e. The summed E-state index contributed by atoms with van der Waals surface area (Å²) in [5.41, 5.74) is 2.95. The van der Waals surface area contributed by atoms with Gasteiger partial charge in [0.1, 0.15) is 0 Å². The molecule has 29 heavy (non-hydrogen) atoms. The maximum atomic E-state index is 12.2. The van der Waals surface area contributed by atoms with Gasteiger partial charge in [-0.05, 0) is 19.3 Å². The van der Waals surface area contributed by atoms with Crippen molar-refractivity contribution < 1.29 is 9.59 Å². The number of carbonyl (C=O) groups excluding carboxylic acids is 2. The van der Waals surface area contributed by atoms with Crippen LogP contribution in [0.2, 0.25) is 0 Å². The molecule has 2 aromatic carbocycles. The van der Waals surface area contributed by atoms with E-state index >= 15 is 0 Å². The minimum atomic E-state index is -0.0736. The van der Waals surface area contributed by atoms with E-state index in [0.29, 0.717) is 24.2 Å². The highest BCUT2D eigenvalue weighted by Gasteiger charge is 2.18. The zero-order valence-corrected chi connectivity index (χ0v) is 17.7. The molecular weight excluding hydrogens is 360 g/mol. The van der Waals surface area contributed by atoms with E-state index < -0.39 is 0 Å². The summed E-state index contributed by atoms with van der Waals surface area (Å²) >= 11 is 0. The normalized spacial score (nSPS) is 12.4. The van der Waals surface area contributed by atoms with Crippen LogP contribution in [0, 0.1) is 5.41 Å². The summed E-state index contributed by atoms with van der Waals surface area (Å²) in [6, 6.07) is 18.5. The largest absolute Gasteiger partial charge is 0.388 e. The number of benzene rings is 2. The van der Waals surface area contributed by atoms with E-state index in [9.17, 15) is 9.59 Å². The molecule has 0 saturated carbocycles. The summed E-state index contributed by atoms with van der Waals surface area (Å²) in [5.74, 6) is -0.0190. The zero-order chi connectivity index (χ0) is 21.3. The van der Waals surface area contributed by atoms with Gasteiger partial charge in [-0.15, -0.1) is 0 Å². The second-order valence-electron chi connectivity index (χ2n) is 7.99. The van der Waals surface area contributed by atoms with Crippen molar-refractivity contribution in [3.05, 3.63) is 95.3 Å². The minimum Gasteiger partial charge on any atom is -0.388 e. The van der Waals surface area contributed by atoms with Gasteiger partial charge in [0, 0.05) is 47.8 Å². The molecule has 0 aliphatic heterocycles. The van der Waals surface area contributed by atoms with Gasteiger partial charge in [0.05, 0.1) is 0 Å². The molecule has 0 aliphatic rings. The minimum absolute atomic E-state index is 0.00951. The van der Waals surface area contributed by atoms with E-state index in [1.165, 1.54) is 0 Å². The lowest BCUT2D eigenvalue weighted by Gasteiger charge is -2.27. The van der Waals surface area contributed by atoms with Crippen molar-refractivity contribution in [1.29, 1.82) is 0 Å². The van der Waals surface area contributed by atoms with Crippen LogP contribution in [0.3, 0.4) is 0 Å². The third-order valence-electron chi connectivity index (χ3n) is 4.50. The summed E-state index contributed by atoms with van der Waals surface area (Å²) < 4.78 is 0. The molecule has 0 bridgehead atoms. The number of ketones is 2. The maximum Gasteiger partial charge on any atom is 0.187 e. The number of allylic oxidation sites excluding steroid dienone is 4. The first-order valence-electron chi connectivity index (χ1n) is 9.80. The Hall–Kier alpha value is -3.14. The van der Waals surface area contributed by atoms with E-state index in [2.05, 4.69) is 24.5 Å². The molecule has 152 valence electrons. The first kappa shape index (κ1) is 22.2. The number of hydrogen-bond acceptors (Lipinski definition) is 4. The van der Waals surface area contributed by atoms with Gasteiger partial charge in [-0.1, -0.05) is 74.5 Å². The summed E-state index contributed by atoms with van der Waals surface area (Å²) in [5, 5.41) is 6.66. The fraction of sp³-hybridized carbons (Fsp3) is 0.280. The number of hydrogen-bond donors (Lipinski definition) is 2. The molecule has 2 rings (SSSR count). The van der Waals surface area contributed by atoms with Gasteiger partial charge in [0.25, 0.3) is 0 Å². The van der Waals surface area contributed by atoms with Gasteiger partial charge in [0.2, 0.25) is 0 Å². The Morgan fingerprint density at radius 2 is 1.07 bits per heavy atom. The highest BCUT2D eigenvalue weighted by atomic mass is 16.1. The molecule has 4 heteroatoms.